The second-order valence-corrected chi connectivity index (χ2v) is 3.24. The molecule has 0 aromatic heterocycles. The summed E-state index contributed by atoms with van der Waals surface area (Å²) in [5, 5.41) is 2.85. The highest BCUT2D eigenvalue weighted by atomic mass is 16.1. The third-order valence-corrected chi connectivity index (χ3v) is 2.26. The number of rotatable bonds is 0. The van der Waals surface area contributed by atoms with Gasteiger partial charge in [-0.2, -0.15) is 0 Å². The molecule has 76 valence electrons. The van der Waals surface area contributed by atoms with E-state index in [1.165, 1.54) is 5.56 Å². The van der Waals surface area contributed by atoms with Crippen LogP contribution < -0.4 is 5.32 Å². The highest BCUT2D eigenvalue weighted by Gasteiger charge is 2.20. The number of hydrogen-bond acceptors (Lipinski definition) is 1. The van der Waals surface area contributed by atoms with Crippen LogP contribution in [0, 0.1) is 0 Å². The third kappa shape index (κ3) is 2.13. The number of nitrogens with one attached hydrogen (secondary N) is 1. The Kier molecular flexibility index (Phi) is 3.69. The quantitative estimate of drug-likeness (QED) is 0.670. The average Bonchev–Trinajstić information content (AvgIpc) is 2.20. The van der Waals surface area contributed by atoms with Crippen molar-refractivity contribution in [3.63, 3.8) is 0 Å². The molecule has 1 heterocycles. The molecule has 14 heavy (non-hydrogen) atoms. The number of para-hydroxylation sites is 1. The van der Waals surface area contributed by atoms with Gasteiger partial charge in [0.1, 0.15) is 0 Å². The zero-order valence-corrected chi connectivity index (χ0v) is 9.00. The number of carbonyl (C=O) groups is 1. The first-order chi connectivity index (χ1) is 6.77. The summed E-state index contributed by atoms with van der Waals surface area (Å²) in [6.45, 7) is 6.08. The molecule has 2 heteroatoms. The molecule has 1 atom stereocenters. The summed E-state index contributed by atoms with van der Waals surface area (Å²) in [4.78, 5) is 11.1. The summed E-state index contributed by atoms with van der Waals surface area (Å²) in [7, 11) is 0. The standard InChI is InChI=1S/C10H11NO.C2H6/c1-7-6-10(12)11-9-5-3-2-4-8(7)9;1-2/h2-5,7H,6H2,1H3,(H,11,12);1-2H3. The highest BCUT2D eigenvalue weighted by molar-refractivity contribution is 5.94. The van der Waals surface area contributed by atoms with E-state index in [1.807, 2.05) is 32.0 Å². The van der Waals surface area contributed by atoms with Crippen molar-refractivity contribution in [3.8, 4) is 0 Å². The predicted molar refractivity (Wildman–Crippen MR) is 59.5 cm³/mol. The number of amides is 1. The molecule has 1 aliphatic rings. The van der Waals surface area contributed by atoms with Crippen molar-refractivity contribution in [2.75, 3.05) is 5.32 Å². The first-order valence-electron chi connectivity index (χ1n) is 5.16. The van der Waals surface area contributed by atoms with Crippen LogP contribution in [0.2, 0.25) is 0 Å². The average molecular weight is 191 g/mol. The second-order valence-electron chi connectivity index (χ2n) is 3.24. The fourth-order valence-corrected chi connectivity index (χ4v) is 1.63. The Hall–Kier alpha value is -1.31. The number of carbonyl (C=O) groups excluding carboxylic acids is 1. The zero-order valence-electron chi connectivity index (χ0n) is 9.00. The van der Waals surface area contributed by atoms with Gasteiger partial charge >= 0.3 is 0 Å². The molecule has 1 aromatic rings. The monoisotopic (exact) mass is 191 g/mol. The fourth-order valence-electron chi connectivity index (χ4n) is 1.63. The van der Waals surface area contributed by atoms with Crippen LogP contribution in [-0.4, -0.2) is 5.91 Å². The zero-order chi connectivity index (χ0) is 10.6. The van der Waals surface area contributed by atoms with E-state index >= 15 is 0 Å². The van der Waals surface area contributed by atoms with Gasteiger partial charge in [0.15, 0.2) is 0 Å². The van der Waals surface area contributed by atoms with E-state index in [-0.39, 0.29) is 5.91 Å². The molecule has 0 bridgehead atoms. The van der Waals surface area contributed by atoms with Crippen molar-refractivity contribution in [2.24, 2.45) is 0 Å². The van der Waals surface area contributed by atoms with Gasteiger partial charge in [0.05, 0.1) is 0 Å². The lowest BCUT2D eigenvalue weighted by molar-refractivity contribution is -0.116. The van der Waals surface area contributed by atoms with E-state index in [2.05, 4.69) is 18.3 Å². The van der Waals surface area contributed by atoms with Crippen molar-refractivity contribution >= 4 is 11.6 Å². The van der Waals surface area contributed by atoms with Crippen molar-refractivity contribution in [2.45, 2.75) is 33.1 Å². The number of benzene rings is 1. The Morgan fingerprint density at radius 1 is 1.29 bits per heavy atom. The maximum absolute atomic E-state index is 11.1. The van der Waals surface area contributed by atoms with Gasteiger partial charge in [0, 0.05) is 12.1 Å². The molecule has 0 radical (unpaired) electrons. The minimum atomic E-state index is 0.126. The van der Waals surface area contributed by atoms with E-state index in [0.29, 0.717) is 12.3 Å². The van der Waals surface area contributed by atoms with Crippen LogP contribution in [0.5, 0.6) is 0 Å². The Morgan fingerprint density at radius 3 is 2.64 bits per heavy atom. The van der Waals surface area contributed by atoms with Crippen LogP contribution in [0.1, 0.15) is 38.7 Å². The van der Waals surface area contributed by atoms with E-state index in [9.17, 15) is 4.79 Å². The molecule has 2 nitrogen and oxygen atoms in total. The first-order valence-corrected chi connectivity index (χ1v) is 5.16. The van der Waals surface area contributed by atoms with Gasteiger partial charge in [-0.05, 0) is 17.5 Å². The van der Waals surface area contributed by atoms with Crippen molar-refractivity contribution in [1.82, 2.24) is 0 Å². The molecule has 0 saturated carbocycles. The summed E-state index contributed by atoms with van der Waals surface area (Å²) in [6, 6.07) is 7.96. The molecule has 0 aliphatic carbocycles. The Bertz CT molecular complexity index is 320. The summed E-state index contributed by atoms with van der Waals surface area (Å²) in [6.07, 6.45) is 0.608. The summed E-state index contributed by atoms with van der Waals surface area (Å²) >= 11 is 0. The molecular weight excluding hydrogens is 174 g/mol. The normalized spacial score (nSPS) is 18.8. The maximum atomic E-state index is 11.1. The second kappa shape index (κ2) is 4.80. The Morgan fingerprint density at radius 2 is 1.93 bits per heavy atom. The van der Waals surface area contributed by atoms with E-state index in [4.69, 9.17) is 0 Å². The molecule has 1 N–H and O–H groups in total. The molecule has 1 unspecified atom stereocenters. The van der Waals surface area contributed by atoms with Crippen LogP contribution >= 0.6 is 0 Å². The minimum absolute atomic E-state index is 0.126. The lowest BCUT2D eigenvalue weighted by Crippen LogP contribution is -2.21. The number of anilines is 1. The van der Waals surface area contributed by atoms with Crippen LogP contribution in [0.4, 0.5) is 5.69 Å². The minimum Gasteiger partial charge on any atom is -0.326 e. The van der Waals surface area contributed by atoms with Gasteiger partial charge in [-0.15, -0.1) is 0 Å². The predicted octanol–water partition coefficient (Wildman–Crippen LogP) is 3.16. The molecule has 0 fully saturated rings. The van der Waals surface area contributed by atoms with Crippen LogP contribution in [0.25, 0.3) is 0 Å². The SMILES string of the molecule is CC.CC1CC(=O)Nc2ccccc21. The molecule has 1 amide bonds. The molecule has 0 saturated heterocycles. The summed E-state index contributed by atoms with van der Waals surface area (Å²) in [5.41, 5.74) is 2.22. The lowest BCUT2D eigenvalue weighted by atomic mass is 9.92. The molecular formula is C12H17NO. The van der Waals surface area contributed by atoms with E-state index in [0.717, 1.165) is 5.69 Å². The molecule has 1 aliphatic heterocycles. The number of fused-ring (bicyclic) bond motifs is 1. The Labute approximate surface area is 85.3 Å². The van der Waals surface area contributed by atoms with E-state index in [1.54, 1.807) is 0 Å². The van der Waals surface area contributed by atoms with Crippen molar-refractivity contribution in [3.05, 3.63) is 29.8 Å². The fraction of sp³-hybridized carbons (Fsp3) is 0.417. The maximum Gasteiger partial charge on any atom is 0.224 e. The van der Waals surface area contributed by atoms with Gasteiger partial charge < -0.3 is 5.32 Å². The van der Waals surface area contributed by atoms with Gasteiger partial charge in [-0.3, -0.25) is 4.79 Å². The highest BCUT2D eigenvalue weighted by Crippen LogP contribution is 2.30. The van der Waals surface area contributed by atoms with Crippen LogP contribution in [0.3, 0.4) is 0 Å². The third-order valence-electron chi connectivity index (χ3n) is 2.26. The lowest BCUT2D eigenvalue weighted by Gasteiger charge is -2.21. The van der Waals surface area contributed by atoms with Crippen molar-refractivity contribution < 1.29 is 4.79 Å². The van der Waals surface area contributed by atoms with Gasteiger partial charge in [-0.1, -0.05) is 39.0 Å². The summed E-state index contributed by atoms with van der Waals surface area (Å²) < 4.78 is 0. The smallest absolute Gasteiger partial charge is 0.224 e. The molecule has 2 rings (SSSR count). The van der Waals surface area contributed by atoms with Crippen LogP contribution in [-0.2, 0) is 4.79 Å². The van der Waals surface area contributed by atoms with Gasteiger partial charge in [0.25, 0.3) is 0 Å². The summed E-state index contributed by atoms with van der Waals surface area (Å²) in [5.74, 6) is 0.483. The van der Waals surface area contributed by atoms with Crippen LogP contribution in [0.15, 0.2) is 24.3 Å². The Balaban J connectivity index is 0.000000461. The van der Waals surface area contributed by atoms with Gasteiger partial charge in [-0.25, -0.2) is 0 Å². The number of hydrogen-bond donors (Lipinski definition) is 1. The largest absolute Gasteiger partial charge is 0.326 e. The van der Waals surface area contributed by atoms with E-state index < -0.39 is 0 Å². The first kappa shape index (κ1) is 10.8. The van der Waals surface area contributed by atoms with Crippen molar-refractivity contribution in [1.29, 1.82) is 0 Å². The topological polar surface area (TPSA) is 29.1 Å². The van der Waals surface area contributed by atoms with Gasteiger partial charge in [0.2, 0.25) is 5.91 Å². The molecule has 0 spiro atoms. The molecule has 1 aromatic carbocycles.